The topological polar surface area (TPSA) is 57.3 Å². The number of amides is 1. The summed E-state index contributed by atoms with van der Waals surface area (Å²) in [5, 5.41) is 6.05. The average Bonchev–Trinajstić information content (AvgIpc) is 2.28. The summed E-state index contributed by atoms with van der Waals surface area (Å²) in [6.45, 7) is 5.59. The fourth-order valence-electron chi connectivity index (χ4n) is 1.75. The smallest absolute Gasteiger partial charge is 0.251 e. The van der Waals surface area contributed by atoms with Crippen molar-refractivity contribution in [2.75, 3.05) is 32.5 Å². The largest absolute Gasteiger partial charge is 0.370 e. The number of hydrogen-bond donors (Lipinski definition) is 2. The third-order valence-electron chi connectivity index (χ3n) is 2.40. The number of aromatic nitrogens is 1. The van der Waals surface area contributed by atoms with Crippen LogP contribution in [0.5, 0.6) is 0 Å². The van der Waals surface area contributed by atoms with Gasteiger partial charge in [-0.1, -0.05) is 0 Å². The molecule has 1 unspecified atom stereocenters. The minimum atomic E-state index is -0.0640. The SMILES string of the molecule is CCNc1cc(C(=O)NC(C)CN(C)C)ccn1. The van der Waals surface area contributed by atoms with Gasteiger partial charge in [0.15, 0.2) is 0 Å². The number of pyridine rings is 1. The van der Waals surface area contributed by atoms with E-state index in [2.05, 4.69) is 15.6 Å². The van der Waals surface area contributed by atoms with Crippen LogP contribution in [0.1, 0.15) is 24.2 Å². The minimum Gasteiger partial charge on any atom is -0.370 e. The van der Waals surface area contributed by atoms with Crippen LogP contribution in [0, 0.1) is 0 Å². The van der Waals surface area contributed by atoms with E-state index in [-0.39, 0.29) is 11.9 Å². The Balaban J connectivity index is 2.63. The van der Waals surface area contributed by atoms with Crippen molar-refractivity contribution in [2.45, 2.75) is 19.9 Å². The molecular weight excluding hydrogens is 228 g/mol. The standard InChI is InChI=1S/C13H22N4O/c1-5-14-12-8-11(6-7-15-12)13(18)16-10(2)9-17(3)4/h6-8,10H,5,9H2,1-4H3,(H,14,15)(H,16,18). The van der Waals surface area contributed by atoms with Crippen LogP contribution in [0.4, 0.5) is 5.82 Å². The molecule has 1 aromatic rings. The zero-order valence-electron chi connectivity index (χ0n) is 11.5. The zero-order chi connectivity index (χ0) is 13.5. The van der Waals surface area contributed by atoms with E-state index in [1.165, 1.54) is 0 Å². The van der Waals surface area contributed by atoms with Gasteiger partial charge in [0.2, 0.25) is 0 Å². The van der Waals surface area contributed by atoms with Crippen molar-refractivity contribution >= 4 is 11.7 Å². The van der Waals surface area contributed by atoms with E-state index in [1.807, 2.05) is 32.8 Å². The number of nitrogens with one attached hydrogen (secondary N) is 2. The van der Waals surface area contributed by atoms with Crippen molar-refractivity contribution in [3.63, 3.8) is 0 Å². The summed E-state index contributed by atoms with van der Waals surface area (Å²) in [6, 6.07) is 3.60. The van der Waals surface area contributed by atoms with Gasteiger partial charge in [-0.05, 0) is 40.1 Å². The van der Waals surface area contributed by atoms with E-state index >= 15 is 0 Å². The Labute approximate surface area is 109 Å². The number of anilines is 1. The molecule has 1 heterocycles. The molecule has 0 saturated heterocycles. The average molecular weight is 250 g/mol. The van der Waals surface area contributed by atoms with Crippen LogP contribution >= 0.6 is 0 Å². The highest BCUT2D eigenvalue weighted by Gasteiger charge is 2.10. The van der Waals surface area contributed by atoms with E-state index in [1.54, 1.807) is 18.3 Å². The van der Waals surface area contributed by atoms with Crippen molar-refractivity contribution < 1.29 is 4.79 Å². The molecule has 0 aromatic carbocycles. The molecule has 0 spiro atoms. The third-order valence-corrected chi connectivity index (χ3v) is 2.40. The third kappa shape index (κ3) is 4.71. The predicted molar refractivity (Wildman–Crippen MR) is 73.9 cm³/mol. The van der Waals surface area contributed by atoms with Gasteiger partial charge in [-0.2, -0.15) is 0 Å². The first-order chi connectivity index (χ1) is 8.52. The highest BCUT2D eigenvalue weighted by Crippen LogP contribution is 2.06. The first-order valence-corrected chi connectivity index (χ1v) is 6.18. The number of carbonyl (C=O) groups is 1. The molecule has 1 rings (SSSR count). The van der Waals surface area contributed by atoms with E-state index in [0.717, 1.165) is 18.9 Å². The quantitative estimate of drug-likeness (QED) is 0.796. The Kier molecular flexibility index (Phi) is 5.58. The normalized spacial score (nSPS) is 12.3. The lowest BCUT2D eigenvalue weighted by Crippen LogP contribution is -2.39. The number of carbonyl (C=O) groups excluding carboxylic acids is 1. The first kappa shape index (κ1) is 14.4. The molecular formula is C13H22N4O. The van der Waals surface area contributed by atoms with Crippen LogP contribution in [-0.2, 0) is 0 Å². The maximum absolute atomic E-state index is 12.0. The van der Waals surface area contributed by atoms with Gasteiger partial charge in [-0.25, -0.2) is 4.98 Å². The molecule has 0 saturated carbocycles. The fourth-order valence-corrected chi connectivity index (χ4v) is 1.75. The van der Waals surface area contributed by atoms with Gasteiger partial charge in [0, 0.05) is 30.9 Å². The zero-order valence-corrected chi connectivity index (χ0v) is 11.5. The monoisotopic (exact) mass is 250 g/mol. The Morgan fingerprint density at radius 1 is 1.50 bits per heavy atom. The molecule has 1 aromatic heterocycles. The summed E-state index contributed by atoms with van der Waals surface area (Å²) in [5.41, 5.74) is 0.631. The number of nitrogens with zero attached hydrogens (tertiary/aromatic N) is 2. The van der Waals surface area contributed by atoms with Crippen molar-refractivity contribution in [2.24, 2.45) is 0 Å². The molecule has 0 aliphatic heterocycles. The molecule has 0 aliphatic rings. The molecule has 0 fully saturated rings. The van der Waals surface area contributed by atoms with Crippen LogP contribution in [0.3, 0.4) is 0 Å². The Hall–Kier alpha value is -1.62. The molecule has 1 atom stereocenters. The second kappa shape index (κ2) is 6.96. The van der Waals surface area contributed by atoms with E-state index < -0.39 is 0 Å². The molecule has 2 N–H and O–H groups in total. The van der Waals surface area contributed by atoms with Crippen LogP contribution in [0.15, 0.2) is 18.3 Å². The molecule has 5 nitrogen and oxygen atoms in total. The van der Waals surface area contributed by atoms with Gasteiger partial charge in [0.05, 0.1) is 0 Å². The van der Waals surface area contributed by atoms with Crippen LogP contribution < -0.4 is 10.6 Å². The maximum Gasteiger partial charge on any atom is 0.251 e. The molecule has 0 aliphatic carbocycles. The minimum absolute atomic E-state index is 0.0640. The van der Waals surface area contributed by atoms with Gasteiger partial charge in [-0.3, -0.25) is 4.79 Å². The fraction of sp³-hybridized carbons (Fsp3) is 0.538. The second-order valence-corrected chi connectivity index (χ2v) is 4.60. The predicted octanol–water partition coefficient (Wildman–Crippen LogP) is 1.19. The highest BCUT2D eigenvalue weighted by molar-refractivity contribution is 5.94. The van der Waals surface area contributed by atoms with Crippen molar-refractivity contribution in [3.8, 4) is 0 Å². The lowest BCUT2D eigenvalue weighted by molar-refractivity contribution is 0.0934. The summed E-state index contributed by atoms with van der Waals surface area (Å²) in [6.07, 6.45) is 1.64. The molecule has 0 radical (unpaired) electrons. The van der Waals surface area contributed by atoms with Crippen molar-refractivity contribution in [1.29, 1.82) is 0 Å². The van der Waals surface area contributed by atoms with Crippen LogP contribution in [0.2, 0.25) is 0 Å². The van der Waals surface area contributed by atoms with E-state index in [0.29, 0.717) is 5.56 Å². The number of likely N-dealkylation sites (N-methyl/N-ethyl adjacent to an activating group) is 1. The van der Waals surface area contributed by atoms with Crippen LogP contribution in [-0.4, -0.2) is 49.0 Å². The summed E-state index contributed by atoms with van der Waals surface area (Å²) < 4.78 is 0. The van der Waals surface area contributed by atoms with Gasteiger partial charge in [0.1, 0.15) is 5.82 Å². The summed E-state index contributed by atoms with van der Waals surface area (Å²) >= 11 is 0. The Morgan fingerprint density at radius 2 is 2.22 bits per heavy atom. The van der Waals surface area contributed by atoms with E-state index in [9.17, 15) is 4.79 Å². The Bertz CT molecular complexity index is 392. The van der Waals surface area contributed by atoms with E-state index in [4.69, 9.17) is 0 Å². The maximum atomic E-state index is 12.0. The number of hydrogen-bond acceptors (Lipinski definition) is 4. The van der Waals surface area contributed by atoms with Gasteiger partial charge in [0.25, 0.3) is 5.91 Å². The summed E-state index contributed by atoms with van der Waals surface area (Å²) in [5.74, 6) is 0.663. The first-order valence-electron chi connectivity index (χ1n) is 6.18. The molecule has 5 heteroatoms. The van der Waals surface area contributed by atoms with Crippen molar-refractivity contribution in [3.05, 3.63) is 23.9 Å². The molecule has 0 bridgehead atoms. The molecule has 1 amide bonds. The van der Waals surface area contributed by atoms with Gasteiger partial charge < -0.3 is 15.5 Å². The summed E-state index contributed by atoms with van der Waals surface area (Å²) in [7, 11) is 3.97. The molecule has 18 heavy (non-hydrogen) atoms. The van der Waals surface area contributed by atoms with Crippen molar-refractivity contribution in [1.82, 2.24) is 15.2 Å². The number of rotatable bonds is 6. The Morgan fingerprint density at radius 3 is 2.83 bits per heavy atom. The van der Waals surface area contributed by atoms with Gasteiger partial charge >= 0.3 is 0 Å². The highest BCUT2D eigenvalue weighted by atomic mass is 16.1. The van der Waals surface area contributed by atoms with Crippen LogP contribution in [0.25, 0.3) is 0 Å². The summed E-state index contributed by atoms with van der Waals surface area (Å²) in [4.78, 5) is 18.2. The van der Waals surface area contributed by atoms with Gasteiger partial charge in [-0.15, -0.1) is 0 Å². The lowest BCUT2D eigenvalue weighted by Gasteiger charge is -2.18. The molecule has 100 valence electrons. The lowest BCUT2D eigenvalue weighted by atomic mass is 10.2. The second-order valence-electron chi connectivity index (χ2n) is 4.60.